The minimum atomic E-state index is 0.722. The zero-order valence-corrected chi connectivity index (χ0v) is 10.2. The van der Waals surface area contributed by atoms with Gasteiger partial charge in [-0.1, -0.05) is 24.3 Å². The standard InChI is InChI=1S/C12H10N2S2/c15-11-8-4-7-10(12(11)16)14-13-9-5-2-1-3-6-9/h1-8,15-16H. The van der Waals surface area contributed by atoms with Gasteiger partial charge < -0.3 is 0 Å². The lowest BCUT2D eigenvalue weighted by atomic mass is 10.3. The number of nitrogens with zero attached hydrogens (tertiary/aromatic N) is 2. The molecule has 0 radical (unpaired) electrons. The summed E-state index contributed by atoms with van der Waals surface area (Å²) in [4.78, 5) is 1.54. The fourth-order valence-corrected chi connectivity index (χ4v) is 1.60. The van der Waals surface area contributed by atoms with Gasteiger partial charge in [0.15, 0.2) is 0 Å². The number of benzene rings is 2. The van der Waals surface area contributed by atoms with Crippen LogP contribution < -0.4 is 0 Å². The van der Waals surface area contributed by atoms with Crippen LogP contribution in [0.25, 0.3) is 0 Å². The zero-order chi connectivity index (χ0) is 11.4. The Labute approximate surface area is 105 Å². The van der Waals surface area contributed by atoms with E-state index in [2.05, 4.69) is 35.5 Å². The molecule has 0 heterocycles. The summed E-state index contributed by atoms with van der Waals surface area (Å²) in [5.74, 6) is 0. The Hall–Kier alpha value is -1.26. The molecule has 0 amide bonds. The summed E-state index contributed by atoms with van der Waals surface area (Å²) in [5, 5.41) is 8.26. The van der Waals surface area contributed by atoms with Gasteiger partial charge >= 0.3 is 0 Å². The van der Waals surface area contributed by atoms with Gasteiger partial charge in [-0.05, 0) is 24.3 Å². The molecular formula is C12H10N2S2. The molecule has 2 aromatic carbocycles. The molecule has 0 aliphatic carbocycles. The summed E-state index contributed by atoms with van der Waals surface area (Å²) >= 11 is 8.60. The molecular weight excluding hydrogens is 236 g/mol. The average molecular weight is 246 g/mol. The van der Waals surface area contributed by atoms with Gasteiger partial charge in [0.1, 0.15) is 5.69 Å². The van der Waals surface area contributed by atoms with E-state index < -0.39 is 0 Å². The van der Waals surface area contributed by atoms with Crippen molar-refractivity contribution >= 4 is 36.6 Å². The van der Waals surface area contributed by atoms with Gasteiger partial charge in [0.05, 0.1) is 5.69 Å². The average Bonchev–Trinajstić information content (AvgIpc) is 2.32. The van der Waals surface area contributed by atoms with E-state index in [0.29, 0.717) is 0 Å². The van der Waals surface area contributed by atoms with E-state index in [1.807, 2.05) is 48.5 Å². The van der Waals surface area contributed by atoms with Crippen molar-refractivity contribution in [2.45, 2.75) is 9.79 Å². The second-order valence-corrected chi connectivity index (χ2v) is 4.11. The van der Waals surface area contributed by atoms with E-state index in [-0.39, 0.29) is 0 Å². The van der Waals surface area contributed by atoms with Crippen LogP contribution in [-0.2, 0) is 0 Å². The number of hydrogen-bond acceptors (Lipinski definition) is 4. The molecule has 2 aromatic rings. The normalized spacial score (nSPS) is 10.9. The number of thiol groups is 2. The molecule has 0 aromatic heterocycles. The Morgan fingerprint density at radius 2 is 1.50 bits per heavy atom. The van der Waals surface area contributed by atoms with Crippen molar-refractivity contribution in [2.24, 2.45) is 10.2 Å². The lowest BCUT2D eigenvalue weighted by molar-refractivity contribution is 1.15. The van der Waals surface area contributed by atoms with Crippen molar-refractivity contribution < 1.29 is 0 Å². The van der Waals surface area contributed by atoms with Crippen LogP contribution in [0.15, 0.2) is 68.6 Å². The van der Waals surface area contributed by atoms with Crippen LogP contribution in [0.5, 0.6) is 0 Å². The Balaban J connectivity index is 2.28. The summed E-state index contributed by atoms with van der Waals surface area (Å²) in [6, 6.07) is 15.2. The van der Waals surface area contributed by atoms with Gasteiger partial charge in [-0.3, -0.25) is 0 Å². The molecule has 2 nitrogen and oxygen atoms in total. The van der Waals surface area contributed by atoms with Gasteiger partial charge in [0, 0.05) is 9.79 Å². The summed E-state index contributed by atoms with van der Waals surface area (Å²) in [7, 11) is 0. The van der Waals surface area contributed by atoms with Crippen molar-refractivity contribution in [3.8, 4) is 0 Å². The first-order valence-corrected chi connectivity index (χ1v) is 5.64. The molecule has 0 saturated heterocycles. The number of hydrogen-bond donors (Lipinski definition) is 2. The molecule has 0 bridgehead atoms. The van der Waals surface area contributed by atoms with Crippen molar-refractivity contribution in [3.63, 3.8) is 0 Å². The maximum absolute atomic E-state index is 4.33. The molecule has 0 spiro atoms. The lowest BCUT2D eigenvalue weighted by Crippen LogP contribution is -1.71. The van der Waals surface area contributed by atoms with E-state index in [1.165, 1.54) is 0 Å². The smallest absolute Gasteiger partial charge is 0.100 e. The maximum Gasteiger partial charge on any atom is 0.100 e. The molecule has 0 aliphatic heterocycles. The fraction of sp³-hybridized carbons (Fsp3) is 0. The van der Waals surface area contributed by atoms with Crippen LogP contribution in [0.3, 0.4) is 0 Å². The topological polar surface area (TPSA) is 24.7 Å². The number of rotatable bonds is 2. The molecule has 80 valence electrons. The van der Waals surface area contributed by atoms with Gasteiger partial charge in [-0.25, -0.2) is 0 Å². The fourth-order valence-electron chi connectivity index (χ4n) is 1.21. The highest BCUT2D eigenvalue weighted by Gasteiger charge is 2.00. The zero-order valence-electron chi connectivity index (χ0n) is 8.41. The first-order chi connectivity index (χ1) is 7.77. The highest BCUT2D eigenvalue weighted by Crippen LogP contribution is 2.30. The van der Waals surface area contributed by atoms with Crippen molar-refractivity contribution in [3.05, 3.63) is 48.5 Å². The third-order valence-electron chi connectivity index (χ3n) is 2.02. The molecule has 0 fully saturated rings. The molecule has 0 saturated carbocycles. The van der Waals surface area contributed by atoms with E-state index in [0.717, 1.165) is 21.2 Å². The Bertz CT molecular complexity index is 510. The van der Waals surface area contributed by atoms with Crippen LogP contribution in [0.4, 0.5) is 11.4 Å². The molecule has 16 heavy (non-hydrogen) atoms. The van der Waals surface area contributed by atoms with Gasteiger partial charge in [0.2, 0.25) is 0 Å². The minimum absolute atomic E-state index is 0.722. The molecule has 0 aliphatic rings. The Morgan fingerprint density at radius 3 is 2.25 bits per heavy atom. The second-order valence-electron chi connectivity index (χ2n) is 3.18. The van der Waals surface area contributed by atoms with E-state index in [1.54, 1.807) is 0 Å². The Kier molecular flexibility index (Phi) is 3.64. The molecule has 4 heteroatoms. The van der Waals surface area contributed by atoms with E-state index in [9.17, 15) is 0 Å². The summed E-state index contributed by atoms with van der Waals surface area (Å²) in [6.07, 6.45) is 0. The molecule has 2 rings (SSSR count). The Morgan fingerprint density at radius 1 is 0.750 bits per heavy atom. The predicted molar refractivity (Wildman–Crippen MR) is 71.6 cm³/mol. The summed E-state index contributed by atoms with van der Waals surface area (Å²) in [6.45, 7) is 0. The molecule has 0 unspecified atom stereocenters. The van der Waals surface area contributed by atoms with Crippen LogP contribution in [0, 0.1) is 0 Å². The highest BCUT2D eigenvalue weighted by atomic mass is 32.1. The molecule has 0 atom stereocenters. The lowest BCUT2D eigenvalue weighted by Gasteiger charge is -2.00. The SMILES string of the molecule is Sc1cccc(N=Nc2ccccc2)c1S. The predicted octanol–water partition coefficient (Wildman–Crippen LogP) is 4.68. The van der Waals surface area contributed by atoms with Crippen LogP contribution in [-0.4, -0.2) is 0 Å². The van der Waals surface area contributed by atoms with Gasteiger partial charge in [-0.15, -0.1) is 30.4 Å². The van der Waals surface area contributed by atoms with Crippen LogP contribution in [0.2, 0.25) is 0 Å². The first-order valence-electron chi connectivity index (χ1n) is 4.75. The van der Waals surface area contributed by atoms with Crippen LogP contribution >= 0.6 is 25.3 Å². The van der Waals surface area contributed by atoms with E-state index >= 15 is 0 Å². The summed E-state index contributed by atoms with van der Waals surface area (Å²) < 4.78 is 0. The minimum Gasteiger partial charge on any atom is -0.151 e. The molecule has 0 N–H and O–H groups in total. The monoisotopic (exact) mass is 246 g/mol. The van der Waals surface area contributed by atoms with Gasteiger partial charge in [-0.2, -0.15) is 5.11 Å². The van der Waals surface area contributed by atoms with E-state index in [4.69, 9.17) is 0 Å². The quantitative estimate of drug-likeness (QED) is 0.568. The first kappa shape index (κ1) is 11.2. The van der Waals surface area contributed by atoms with Crippen molar-refractivity contribution in [1.82, 2.24) is 0 Å². The largest absolute Gasteiger partial charge is 0.151 e. The van der Waals surface area contributed by atoms with Crippen molar-refractivity contribution in [2.75, 3.05) is 0 Å². The van der Waals surface area contributed by atoms with Crippen LogP contribution in [0.1, 0.15) is 0 Å². The highest BCUT2D eigenvalue weighted by molar-refractivity contribution is 7.83. The number of azo groups is 1. The van der Waals surface area contributed by atoms with Gasteiger partial charge in [0.25, 0.3) is 0 Å². The third-order valence-corrected chi connectivity index (χ3v) is 3.04. The third kappa shape index (κ3) is 2.65. The summed E-state index contributed by atoms with van der Waals surface area (Å²) in [5.41, 5.74) is 1.54. The second kappa shape index (κ2) is 5.18. The maximum atomic E-state index is 4.33. The van der Waals surface area contributed by atoms with Crippen molar-refractivity contribution in [1.29, 1.82) is 0 Å².